The third-order valence-electron chi connectivity index (χ3n) is 5.39. The van der Waals surface area contributed by atoms with Gasteiger partial charge in [0.2, 0.25) is 0 Å². The van der Waals surface area contributed by atoms with Gasteiger partial charge in [0.15, 0.2) is 0 Å². The van der Waals surface area contributed by atoms with Crippen LogP contribution in [-0.2, 0) is 19.4 Å². The van der Waals surface area contributed by atoms with Gasteiger partial charge in [-0.25, -0.2) is 4.98 Å². The van der Waals surface area contributed by atoms with Gasteiger partial charge in [0.1, 0.15) is 11.6 Å². The molecule has 1 aromatic heterocycles. The molecular formula is C26H27ClN2O. The molecule has 30 heavy (non-hydrogen) atoms. The average molecular weight is 419 g/mol. The third-order valence-corrected chi connectivity index (χ3v) is 5.64. The summed E-state index contributed by atoms with van der Waals surface area (Å²) in [6.07, 6.45) is 3.90. The number of fused-ring (bicyclic) bond motifs is 1. The van der Waals surface area contributed by atoms with Gasteiger partial charge in [0.25, 0.3) is 0 Å². The van der Waals surface area contributed by atoms with Crippen LogP contribution in [0.25, 0.3) is 11.0 Å². The Balaban J connectivity index is 1.39. The summed E-state index contributed by atoms with van der Waals surface area (Å²) in [6, 6.07) is 24.8. The van der Waals surface area contributed by atoms with Crippen molar-refractivity contribution in [2.24, 2.45) is 0 Å². The Morgan fingerprint density at radius 2 is 1.60 bits per heavy atom. The SMILES string of the molecule is CCc1ccc(OCCCCn2c(Cc3ccc(Cl)cc3)nc3ccccc32)cc1. The highest BCUT2D eigenvalue weighted by Crippen LogP contribution is 2.20. The summed E-state index contributed by atoms with van der Waals surface area (Å²) >= 11 is 6.04. The van der Waals surface area contributed by atoms with Crippen molar-refractivity contribution in [1.82, 2.24) is 9.55 Å². The predicted octanol–water partition coefficient (Wildman–Crippen LogP) is 6.70. The molecule has 0 saturated carbocycles. The van der Waals surface area contributed by atoms with Crippen LogP contribution in [0.2, 0.25) is 5.02 Å². The second-order valence-corrected chi connectivity index (χ2v) is 7.96. The first-order chi connectivity index (χ1) is 14.7. The summed E-state index contributed by atoms with van der Waals surface area (Å²) in [5, 5.41) is 0.761. The van der Waals surface area contributed by atoms with Crippen LogP contribution in [0.3, 0.4) is 0 Å². The van der Waals surface area contributed by atoms with E-state index in [1.807, 2.05) is 18.2 Å². The van der Waals surface area contributed by atoms with Crippen molar-refractivity contribution in [1.29, 1.82) is 0 Å². The molecule has 0 bridgehead atoms. The lowest BCUT2D eigenvalue weighted by molar-refractivity contribution is 0.303. The monoisotopic (exact) mass is 418 g/mol. The van der Waals surface area contributed by atoms with Crippen molar-refractivity contribution in [2.45, 2.75) is 39.2 Å². The van der Waals surface area contributed by atoms with E-state index >= 15 is 0 Å². The van der Waals surface area contributed by atoms with Gasteiger partial charge in [-0.05, 0) is 66.8 Å². The van der Waals surface area contributed by atoms with E-state index in [9.17, 15) is 0 Å². The zero-order valence-electron chi connectivity index (χ0n) is 17.4. The van der Waals surface area contributed by atoms with E-state index in [4.69, 9.17) is 21.3 Å². The molecule has 0 spiro atoms. The molecule has 4 heteroatoms. The Labute approximate surface area is 183 Å². The molecule has 154 valence electrons. The van der Waals surface area contributed by atoms with E-state index in [2.05, 4.69) is 66.1 Å². The third kappa shape index (κ3) is 5.03. The highest BCUT2D eigenvalue weighted by Gasteiger charge is 2.11. The number of imidazole rings is 1. The first-order valence-electron chi connectivity index (χ1n) is 10.6. The van der Waals surface area contributed by atoms with Crippen molar-refractivity contribution >= 4 is 22.6 Å². The minimum Gasteiger partial charge on any atom is -0.494 e. The van der Waals surface area contributed by atoms with Crippen molar-refractivity contribution < 1.29 is 4.74 Å². The molecule has 0 amide bonds. The first kappa shape index (κ1) is 20.5. The quantitative estimate of drug-likeness (QED) is 0.283. The molecule has 0 aliphatic carbocycles. The summed E-state index contributed by atoms with van der Waals surface area (Å²) in [6.45, 7) is 3.82. The highest BCUT2D eigenvalue weighted by molar-refractivity contribution is 6.30. The van der Waals surface area contributed by atoms with Crippen molar-refractivity contribution in [3.63, 3.8) is 0 Å². The van der Waals surface area contributed by atoms with E-state index in [0.717, 1.165) is 60.9 Å². The van der Waals surface area contributed by atoms with Crippen molar-refractivity contribution in [2.75, 3.05) is 6.61 Å². The molecule has 4 aromatic rings. The second kappa shape index (κ2) is 9.82. The van der Waals surface area contributed by atoms with Crippen LogP contribution >= 0.6 is 11.6 Å². The maximum Gasteiger partial charge on any atom is 0.119 e. The summed E-state index contributed by atoms with van der Waals surface area (Å²) < 4.78 is 8.26. The Bertz CT molecular complexity index is 1080. The number of aromatic nitrogens is 2. The van der Waals surface area contributed by atoms with Gasteiger partial charge < -0.3 is 9.30 Å². The van der Waals surface area contributed by atoms with Crippen molar-refractivity contribution in [3.8, 4) is 5.75 Å². The number of halogens is 1. The number of ether oxygens (including phenoxy) is 1. The molecule has 0 aliphatic rings. The van der Waals surface area contributed by atoms with Crippen molar-refractivity contribution in [3.05, 3.63) is 94.8 Å². The van der Waals surface area contributed by atoms with E-state index < -0.39 is 0 Å². The number of para-hydroxylation sites is 2. The molecule has 0 saturated heterocycles. The van der Waals surface area contributed by atoms with Gasteiger partial charge in [0.05, 0.1) is 17.6 Å². The molecule has 0 unspecified atom stereocenters. The Morgan fingerprint density at radius 3 is 2.37 bits per heavy atom. The standard InChI is InChI=1S/C26H27ClN2O/c1-2-20-11-15-23(16-12-20)30-18-6-5-17-29-25-8-4-3-7-24(25)28-26(29)19-21-9-13-22(27)14-10-21/h3-4,7-16H,2,5-6,17-19H2,1H3. The summed E-state index contributed by atoms with van der Waals surface area (Å²) in [7, 11) is 0. The molecule has 1 heterocycles. The smallest absolute Gasteiger partial charge is 0.119 e. The van der Waals surface area contributed by atoms with Gasteiger partial charge in [-0.15, -0.1) is 0 Å². The van der Waals surface area contributed by atoms with Crippen LogP contribution in [0.5, 0.6) is 5.75 Å². The van der Waals surface area contributed by atoms with E-state index in [1.165, 1.54) is 16.6 Å². The molecule has 3 aromatic carbocycles. The van der Waals surface area contributed by atoms with Crippen LogP contribution in [-0.4, -0.2) is 16.2 Å². The number of aryl methyl sites for hydroxylation is 2. The van der Waals surface area contributed by atoms with Crippen LogP contribution < -0.4 is 4.74 Å². The molecule has 0 aliphatic heterocycles. The maximum atomic E-state index is 6.04. The van der Waals surface area contributed by atoms with Gasteiger partial charge in [-0.2, -0.15) is 0 Å². The van der Waals surface area contributed by atoms with E-state index in [1.54, 1.807) is 0 Å². The minimum absolute atomic E-state index is 0.727. The molecule has 0 N–H and O–H groups in total. The fraction of sp³-hybridized carbons (Fsp3) is 0.269. The lowest BCUT2D eigenvalue weighted by atomic mass is 10.1. The Hall–Kier alpha value is -2.78. The second-order valence-electron chi connectivity index (χ2n) is 7.52. The summed E-state index contributed by atoms with van der Waals surface area (Å²) in [4.78, 5) is 4.89. The minimum atomic E-state index is 0.727. The van der Waals surface area contributed by atoms with E-state index in [-0.39, 0.29) is 0 Å². The molecule has 0 fully saturated rings. The maximum absolute atomic E-state index is 6.04. The first-order valence-corrected chi connectivity index (χ1v) is 11.0. The molecule has 3 nitrogen and oxygen atoms in total. The Kier molecular flexibility index (Phi) is 6.70. The molecule has 4 rings (SSSR count). The van der Waals surface area contributed by atoms with Gasteiger partial charge in [-0.3, -0.25) is 0 Å². The lowest BCUT2D eigenvalue weighted by Gasteiger charge is -2.11. The number of hydrogen-bond donors (Lipinski definition) is 0. The zero-order chi connectivity index (χ0) is 20.8. The predicted molar refractivity (Wildman–Crippen MR) is 125 cm³/mol. The zero-order valence-corrected chi connectivity index (χ0v) is 18.1. The number of benzene rings is 3. The topological polar surface area (TPSA) is 27.1 Å². The summed E-state index contributed by atoms with van der Waals surface area (Å²) in [5.74, 6) is 2.04. The number of hydrogen-bond acceptors (Lipinski definition) is 2. The Morgan fingerprint density at radius 1 is 0.867 bits per heavy atom. The van der Waals surface area contributed by atoms with Gasteiger partial charge >= 0.3 is 0 Å². The largest absolute Gasteiger partial charge is 0.494 e. The molecular weight excluding hydrogens is 392 g/mol. The fourth-order valence-corrected chi connectivity index (χ4v) is 3.80. The average Bonchev–Trinajstić information content (AvgIpc) is 3.12. The van der Waals surface area contributed by atoms with Crippen LogP contribution in [0, 0.1) is 0 Å². The normalized spacial score (nSPS) is 11.1. The molecule has 0 atom stereocenters. The lowest BCUT2D eigenvalue weighted by Crippen LogP contribution is -2.07. The van der Waals surface area contributed by atoms with Crippen LogP contribution in [0.4, 0.5) is 0 Å². The number of nitrogens with zero attached hydrogens (tertiary/aromatic N) is 2. The van der Waals surface area contributed by atoms with E-state index in [0.29, 0.717) is 0 Å². The highest BCUT2D eigenvalue weighted by atomic mass is 35.5. The van der Waals surface area contributed by atoms with Gasteiger partial charge in [0, 0.05) is 18.0 Å². The number of unbranched alkanes of at least 4 members (excludes halogenated alkanes) is 1. The van der Waals surface area contributed by atoms with Crippen LogP contribution in [0.1, 0.15) is 36.7 Å². The van der Waals surface area contributed by atoms with Crippen LogP contribution in [0.15, 0.2) is 72.8 Å². The number of rotatable bonds is 9. The van der Waals surface area contributed by atoms with Gasteiger partial charge in [-0.1, -0.05) is 54.9 Å². The molecule has 0 radical (unpaired) electrons. The fourth-order valence-electron chi connectivity index (χ4n) is 3.68. The summed E-state index contributed by atoms with van der Waals surface area (Å²) in [5.41, 5.74) is 4.80.